The fourth-order valence-electron chi connectivity index (χ4n) is 2.14. The predicted octanol–water partition coefficient (Wildman–Crippen LogP) is 4.74. The summed E-state index contributed by atoms with van der Waals surface area (Å²) in [5.74, 6) is 0.885. The molecule has 0 fully saturated rings. The molecule has 0 unspecified atom stereocenters. The zero-order valence-corrected chi connectivity index (χ0v) is 12.7. The standard InChI is InChI=1S/C16H17ClOS/c1-11-6-12(2)8-13(7-11)10-19-16-5-3-4-15(17)14(16)9-18/h3-8,18H,9-10H2,1-2H3. The maximum Gasteiger partial charge on any atom is 0.0707 e. The number of thioether (sulfide) groups is 1. The van der Waals surface area contributed by atoms with Gasteiger partial charge in [-0.25, -0.2) is 0 Å². The minimum Gasteiger partial charge on any atom is -0.392 e. The van der Waals surface area contributed by atoms with Crippen LogP contribution in [0.5, 0.6) is 0 Å². The number of aliphatic hydroxyl groups is 1. The third-order valence-corrected chi connectivity index (χ3v) is 4.44. The Hall–Kier alpha value is -0.960. The molecular formula is C16H17ClOS. The van der Waals surface area contributed by atoms with Gasteiger partial charge in [-0.15, -0.1) is 11.8 Å². The van der Waals surface area contributed by atoms with E-state index in [1.807, 2.05) is 18.2 Å². The van der Waals surface area contributed by atoms with Crippen LogP contribution in [-0.2, 0) is 12.4 Å². The number of benzene rings is 2. The lowest BCUT2D eigenvalue weighted by atomic mass is 10.1. The van der Waals surface area contributed by atoms with E-state index in [2.05, 4.69) is 32.0 Å². The fourth-order valence-corrected chi connectivity index (χ4v) is 3.44. The van der Waals surface area contributed by atoms with Crippen LogP contribution in [0.4, 0.5) is 0 Å². The summed E-state index contributed by atoms with van der Waals surface area (Å²) < 4.78 is 0. The number of hydrogen-bond acceptors (Lipinski definition) is 2. The Kier molecular flexibility index (Phi) is 4.92. The summed E-state index contributed by atoms with van der Waals surface area (Å²) in [7, 11) is 0. The minimum atomic E-state index is -0.0190. The summed E-state index contributed by atoms with van der Waals surface area (Å²) in [6.07, 6.45) is 0. The molecule has 100 valence electrons. The highest BCUT2D eigenvalue weighted by atomic mass is 35.5. The van der Waals surface area contributed by atoms with Crippen molar-refractivity contribution < 1.29 is 5.11 Å². The Morgan fingerprint density at radius 2 is 1.79 bits per heavy atom. The van der Waals surface area contributed by atoms with Gasteiger partial charge in [0, 0.05) is 21.2 Å². The van der Waals surface area contributed by atoms with Gasteiger partial charge in [-0.1, -0.05) is 47.0 Å². The van der Waals surface area contributed by atoms with Gasteiger partial charge in [-0.05, 0) is 31.5 Å². The van der Waals surface area contributed by atoms with Crippen LogP contribution in [0.1, 0.15) is 22.3 Å². The van der Waals surface area contributed by atoms with Crippen molar-refractivity contribution in [1.29, 1.82) is 0 Å². The molecule has 0 aliphatic heterocycles. The Morgan fingerprint density at radius 3 is 2.42 bits per heavy atom. The minimum absolute atomic E-state index is 0.0190. The van der Waals surface area contributed by atoms with Gasteiger partial charge in [0.05, 0.1) is 6.61 Å². The van der Waals surface area contributed by atoms with Gasteiger partial charge in [0.1, 0.15) is 0 Å². The lowest BCUT2D eigenvalue weighted by Gasteiger charge is -2.09. The van der Waals surface area contributed by atoms with Gasteiger partial charge in [-0.3, -0.25) is 0 Å². The lowest BCUT2D eigenvalue weighted by molar-refractivity contribution is 0.279. The molecule has 0 aliphatic carbocycles. The summed E-state index contributed by atoms with van der Waals surface area (Å²) in [4.78, 5) is 1.05. The molecule has 0 bridgehead atoms. The van der Waals surface area contributed by atoms with Crippen molar-refractivity contribution in [2.75, 3.05) is 0 Å². The molecule has 3 heteroatoms. The fraction of sp³-hybridized carbons (Fsp3) is 0.250. The van der Waals surface area contributed by atoms with Crippen LogP contribution in [-0.4, -0.2) is 5.11 Å². The highest BCUT2D eigenvalue weighted by molar-refractivity contribution is 7.98. The number of halogens is 1. The highest BCUT2D eigenvalue weighted by Gasteiger charge is 2.07. The van der Waals surface area contributed by atoms with Crippen LogP contribution in [0.25, 0.3) is 0 Å². The largest absolute Gasteiger partial charge is 0.392 e. The number of aliphatic hydroxyl groups excluding tert-OH is 1. The summed E-state index contributed by atoms with van der Waals surface area (Å²) >= 11 is 7.80. The Bertz CT molecular complexity index is 561. The maximum atomic E-state index is 9.39. The molecule has 1 N–H and O–H groups in total. The smallest absolute Gasteiger partial charge is 0.0707 e. The second-order valence-electron chi connectivity index (χ2n) is 4.66. The third kappa shape index (κ3) is 3.75. The topological polar surface area (TPSA) is 20.2 Å². The molecule has 0 spiro atoms. The molecule has 0 amide bonds. The molecule has 1 nitrogen and oxygen atoms in total. The molecule has 0 saturated carbocycles. The summed E-state index contributed by atoms with van der Waals surface area (Å²) in [6.45, 7) is 4.20. The predicted molar refractivity (Wildman–Crippen MR) is 82.9 cm³/mol. The quantitative estimate of drug-likeness (QED) is 0.821. The Morgan fingerprint density at radius 1 is 1.11 bits per heavy atom. The normalized spacial score (nSPS) is 10.7. The second kappa shape index (κ2) is 6.47. The van der Waals surface area contributed by atoms with Crippen LogP contribution in [0.3, 0.4) is 0 Å². The molecule has 2 aromatic rings. The molecule has 0 radical (unpaired) electrons. The van der Waals surface area contributed by atoms with Crippen LogP contribution in [0.15, 0.2) is 41.3 Å². The van der Waals surface area contributed by atoms with Crippen molar-refractivity contribution in [1.82, 2.24) is 0 Å². The van der Waals surface area contributed by atoms with Gasteiger partial charge in [-0.2, -0.15) is 0 Å². The van der Waals surface area contributed by atoms with Gasteiger partial charge >= 0.3 is 0 Å². The molecule has 0 heterocycles. The van der Waals surface area contributed by atoms with Crippen molar-refractivity contribution in [3.05, 3.63) is 63.7 Å². The summed E-state index contributed by atoms with van der Waals surface area (Å²) in [6, 6.07) is 12.3. The number of aryl methyl sites for hydroxylation is 2. The number of rotatable bonds is 4. The molecule has 0 saturated heterocycles. The molecule has 2 rings (SSSR count). The summed E-state index contributed by atoms with van der Waals surface area (Å²) in [5.41, 5.74) is 4.68. The van der Waals surface area contributed by atoms with E-state index in [1.54, 1.807) is 11.8 Å². The van der Waals surface area contributed by atoms with Gasteiger partial charge in [0.2, 0.25) is 0 Å². The lowest BCUT2D eigenvalue weighted by Crippen LogP contribution is -1.90. The monoisotopic (exact) mass is 292 g/mol. The average molecular weight is 293 g/mol. The zero-order valence-electron chi connectivity index (χ0n) is 11.1. The van der Waals surface area contributed by atoms with Crippen molar-refractivity contribution in [2.24, 2.45) is 0 Å². The molecule has 0 aliphatic rings. The van der Waals surface area contributed by atoms with Crippen molar-refractivity contribution in [3.8, 4) is 0 Å². The first-order valence-corrected chi connectivity index (χ1v) is 7.54. The Labute approximate surface area is 123 Å². The van der Waals surface area contributed by atoms with Gasteiger partial charge < -0.3 is 5.11 Å². The van der Waals surface area contributed by atoms with E-state index >= 15 is 0 Å². The van der Waals surface area contributed by atoms with Crippen LogP contribution in [0, 0.1) is 13.8 Å². The first-order chi connectivity index (χ1) is 9.10. The van der Waals surface area contributed by atoms with Crippen LogP contribution >= 0.6 is 23.4 Å². The van der Waals surface area contributed by atoms with Crippen molar-refractivity contribution >= 4 is 23.4 Å². The van der Waals surface area contributed by atoms with E-state index in [0.29, 0.717) is 5.02 Å². The molecular weight excluding hydrogens is 276 g/mol. The average Bonchev–Trinajstić information content (AvgIpc) is 2.35. The third-order valence-electron chi connectivity index (χ3n) is 2.91. The zero-order chi connectivity index (χ0) is 13.8. The van der Waals surface area contributed by atoms with Crippen LogP contribution < -0.4 is 0 Å². The first-order valence-electron chi connectivity index (χ1n) is 6.18. The van der Waals surface area contributed by atoms with E-state index in [-0.39, 0.29) is 6.61 Å². The van der Waals surface area contributed by atoms with Crippen molar-refractivity contribution in [2.45, 2.75) is 31.1 Å². The second-order valence-corrected chi connectivity index (χ2v) is 6.08. The van der Waals surface area contributed by atoms with Crippen molar-refractivity contribution in [3.63, 3.8) is 0 Å². The molecule has 19 heavy (non-hydrogen) atoms. The van der Waals surface area contributed by atoms with E-state index in [9.17, 15) is 5.11 Å². The van der Waals surface area contributed by atoms with Gasteiger partial charge in [0.15, 0.2) is 0 Å². The van der Waals surface area contributed by atoms with E-state index < -0.39 is 0 Å². The van der Waals surface area contributed by atoms with E-state index in [0.717, 1.165) is 16.2 Å². The van der Waals surface area contributed by atoms with Crippen LogP contribution in [0.2, 0.25) is 5.02 Å². The number of hydrogen-bond donors (Lipinski definition) is 1. The molecule has 0 atom stereocenters. The van der Waals surface area contributed by atoms with Gasteiger partial charge in [0.25, 0.3) is 0 Å². The van der Waals surface area contributed by atoms with E-state index in [4.69, 9.17) is 11.6 Å². The highest BCUT2D eigenvalue weighted by Crippen LogP contribution is 2.31. The SMILES string of the molecule is Cc1cc(C)cc(CSc2cccc(Cl)c2CO)c1. The van der Waals surface area contributed by atoms with E-state index in [1.165, 1.54) is 16.7 Å². The summed E-state index contributed by atoms with van der Waals surface area (Å²) in [5, 5.41) is 10.0. The molecule has 2 aromatic carbocycles. The maximum absolute atomic E-state index is 9.39. The first kappa shape index (κ1) is 14.4. The molecule has 0 aromatic heterocycles. The Balaban J connectivity index is 2.16.